The molecule has 0 aliphatic heterocycles. The van der Waals surface area contributed by atoms with Crippen LogP contribution in [0.2, 0.25) is 0 Å². The number of rotatable bonds is 4. The summed E-state index contributed by atoms with van der Waals surface area (Å²) in [6.45, 7) is 2.17. The smallest absolute Gasteiger partial charge is 0.160 e. The summed E-state index contributed by atoms with van der Waals surface area (Å²) in [5.41, 5.74) is 0. The number of carbonyl (C=O) groups is 1. The molecule has 11 heavy (non-hydrogen) atoms. The first-order valence-electron chi connectivity index (χ1n) is 3.90. The van der Waals surface area contributed by atoms with E-state index in [2.05, 4.69) is 6.92 Å². The maximum atomic E-state index is 10.3. The zero-order chi connectivity index (χ0) is 8.10. The van der Waals surface area contributed by atoms with Gasteiger partial charge in [-0.2, -0.15) is 0 Å². The lowest BCUT2D eigenvalue weighted by Gasteiger charge is -1.90. The van der Waals surface area contributed by atoms with Crippen LogP contribution in [-0.2, 0) is 6.42 Å². The third-order valence-corrected chi connectivity index (χ3v) is 2.65. The molecule has 0 spiro atoms. The van der Waals surface area contributed by atoms with Gasteiger partial charge in [-0.15, -0.1) is 11.3 Å². The van der Waals surface area contributed by atoms with Crippen molar-refractivity contribution in [3.05, 3.63) is 21.9 Å². The van der Waals surface area contributed by atoms with Crippen LogP contribution < -0.4 is 0 Å². The predicted octanol–water partition coefficient (Wildman–Crippen LogP) is 2.90. The van der Waals surface area contributed by atoms with Gasteiger partial charge in [0.25, 0.3) is 0 Å². The minimum Gasteiger partial charge on any atom is -0.297 e. The predicted molar refractivity (Wildman–Crippen MR) is 48.3 cm³/mol. The van der Waals surface area contributed by atoms with E-state index in [1.807, 2.05) is 12.1 Å². The van der Waals surface area contributed by atoms with Crippen LogP contribution in [0.1, 0.15) is 34.3 Å². The Labute approximate surface area is 71.1 Å². The van der Waals surface area contributed by atoms with E-state index >= 15 is 0 Å². The molecule has 2 heteroatoms. The molecule has 0 aromatic carbocycles. The standard InChI is InChI=1S/C9H12OS/c1-2-3-4-8-5-6-9(7-10)11-8/h5-7H,2-4H2,1H3. The van der Waals surface area contributed by atoms with E-state index in [-0.39, 0.29) is 0 Å². The Hall–Kier alpha value is -0.630. The highest BCUT2D eigenvalue weighted by Crippen LogP contribution is 2.16. The maximum absolute atomic E-state index is 10.3. The van der Waals surface area contributed by atoms with Crippen molar-refractivity contribution in [2.45, 2.75) is 26.2 Å². The van der Waals surface area contributed by atoms with E-state index in [1.165, 1.54) is 17.7 Å². The molecule has 0 fully saturated rings. The Morgan fingerprint density at radius 1 is 1.55 bits per heavy atom. The van der Waals surface area contributed by atoms with Crippen LogP contribution in [0.5, 0.6) is 0 Å². The van der Waals surface area contributed by atoms with Gasteiger partial charge in [-0.3, -0.25) is 4.79 Å². The van der Waals surface area contributed by atoms with Crippen LogP contribution in [0, 0.1) is 0 Å². The first-order chi connectivity index (χ1) is 5.36. The van der Waals surface area contributed by atoms with E-state index in [0.29, 0.717) is 0 Å². The van der Waals surface area contributed by atoms with Gasteiger partial charge in [-0.1, -0.05) is 13.3 Å². The van der Waals surface area contributed by atoms with Gasteiger partial charge in [0.05, 0.1) is 4.88 Å². The third-order valence-electron chi connectivity index (χ3n) is 1.58. The van der Waals surface area contributed by atoms with Crippen molar-refractivity contribution >= 4 is 17.6 Å². The van der Waals surface area contributed by atoms with Gasteiger partial charge >= 0.3 is 0 Å². The van der Waals surface area contributed by atoms with Crippen molar-refractivity contribution in [2.24, 2.45) is 0 Å². The summed E-state index contributed by atoms with van der Waals surface area (Å²) >= 11 is 1.60. The minimum atomic E-state index is 0.844. The highest BCUT2D eigenvalue weighted by molar-refractivity contribution is 7.13. The van der Waals surface area contributed by atoms with Gasteiger partial charge < -0.3 is 0 Å². The van der Waals surface area contributed by atoms with Crippen LogP contribution >= 0.6 is 11.3 Å². The van der Waals surface area contributed by atoms with Crippen LogP contribution in [0.15, 0.2) is 12.1 Å². The van der Waals surface area contributed by atoms with Crippen LogP contribution in [-0.4, -0.2) is 6.29 Å². The molecule has 0 aliphatic rings. The lowest BCUT2D eigenvalue weighted by atomic mass is 10.2. The number of thiophene rings is 1. The maximum Gasteiger partial charge on any atom is 0.160 e. The molecule has 0 saturated carbocycles. The van der Waals surface area contributed by atoms with Crippen molar-refractivity contribution in [1.82, 2.24) is 0 Å². The third kappa shape index (κ3) is 2.46. The topological polar surface area (TPSA) is 17.1 Å². The molecule has 0 atom stereocenters. The highest BCUT2D eigenvalue weighted by atomic mass is 32.1. The Morgan fingerprint density at radius 2 is 2.36 bits per heavy atom. The summed E-state index contributed by atoms with van der Waals surface area (Å²) in [6, 6.07) is 3.94. The van der Waals surface area contributed by atoms with Gasteiger partial charge in [0, 0.05) is 4.88 Å². The summed E-state index contributed by atoms with van der Waals surface area (Å²) in [4.78, 5) is 12.5. The summed E-state index contributed by atoms with van der Waals surface area (Å²) < 4.78 is 0. The van der Waals surface area contributed by atoms with Crippen LogP contribution in [0.3, 0.4) is 0 Å². The fourth-order valence-electron chi connectivity index (χ4n) is 0.943. The molecule has 1 rings (SSSR count). The molecule has 0 bridgehead atoms. The largest absolute Gasteiger partial charge is 0.297 e. The highest BCUT2D eigenvalue weighted by Gasteiger charge is 1.96. The molecular weight excluding hydrogens is 156 g/mol. The van der Waals surface area contributed by atoms with Gasteiger partial charge in [-0.25, -0.2) is 0 Å². The van der Waals surface area contributed by atoms with Crippen LogP contribution in [0.25, 0.3) is 0 Å². The van der Waals surface area contributed by atoms with Crippen molar-refractivity contribution < 1.29 is 4.79 Å². The van der Waals surface area contributed by atoms with E-state index in [9.17, 15) is 4.79 Å². The zero-order valence-electron chi connectivity index (χ0n) is 6.67. The number of carbonyl (C=O) groups excluding carboxylic acids is 1. The Morgan fingerprint density at radius 3 is 2.91 bits per heavy atom. The lowest BCUT2D eigenvalue weighted by Crippen LogP contribution is -1.76. The fraction of sp³-hybridized carbons (Fsp3) is 0.444. The van der Waals surface area contributed by atoms with Crippen molar-refractivity contribution in [1.29, 1.82) is 0 Å². The number of hydrogen-bond acceptors (Lipinski definition) is 2. The molecule has 1 aromatic rings. The van der Waals surface area contributed by atoms with Gasteiger partial charge in [0.1, 0.15) is 0 Å². The quantitative estimate of drug-likeness (QED) is 0.632. The second-order valence-corrected chi connectivity index (χ2v) is 3.73. The molecule has 1 aromatic heterocycles. The second kappa shape index (κ2) is 4.29. The van der Waals surface area contributed by atoms with E-state index in [4.69, 9.17) is 0 Å². The summed E-state index contributed by atoms with van der Waals surface area (Å²) in [6.07, 6.45) is 4.47. The number of aldehydes is 1. The van der Waals surface area contributed by atoms with Crippen molar-refractivity contribution in [2.75, 3.05) is 0 Å². The molecule has 1 nitrogen and oxygen atoms in total. The van der Waals surface area contributed by atoms with Gasteiger partial charge in [0.15, 0.2) is 6.29 Å². The van der Waals surface area contributed by atoms with Gasteiger partial charge in [-0.05, 0) is 25.0 Å². The molecular formula is C9H12OS. The second-order valence-electron chi connectivity index (χ2n) is 2.53. The first kappa shape index (κ1) is 8.47. The lowest BCUT2D eigenvalue weighted by molar-refractivity contribution is 0.112. The van der Waals surface area contributed by atoms with Crippen molar-refractivity contribution in [3.8, 4) is 0 Å². The summed E-state index contributed by atoms with van der Waals surface area (Å²) in [7, 11) is 0. The molecule has 60 valence electrons. The Bertz CT molecular complexity index is 227. The summed E-state index contributed by atoms with van der Waals surface area (Å²) in [5.74, 6) is 0. The molecule has 0 aliphatic carbocycles. The zero-order valence-corrected chi connectivity index (χ0v) is 7.49. The molecule has 0 N–H and O–H groups in total. The SMILES string of the molecule is CCCCc1ccc(C=O)s1. The molecule has 0 amide bonds. The van der Waals surface area contributed by atoms with E-state index in [0.717, 1.165) is 17.6 Å². The van der Waals surface area contributed by atoms with Gasteiger partial charge in [0.2, 0.25) is 0 Å². The Kier molecular flexibility index (Phi) is 3.30. The van der Waals surface area contributed by atoms with E-state index < -0.39 is 0 Å². The molecule has 0 unspecified atom stereocenters. The Balaban J connectivity index is 2.51. The monoisotopic (exact) mass is 168 g/mol. The number of hydrogen-bond donors (Lipinski definition) is 0. The van der Waals surface area contributed by atoms with E-state index in [1.54, 1.807) is 11.3 Å². The molecule has 0 radical (unpaired) electrons. The number of aryl methyl sites for hydroxylation is 1. The minimum absolute atomic E-state index is 0.844. The average Bonchev–Trinajstić information content (AvgIpc) is 2.48. The van der Waals surface area contributed by atoms with Crippen molar-refractivity contribution in [3.63, 3.8) is 0 Å². The first-order valence-corrected chi connectivity index (χ1v) is 4.72. The summed E-state index contributed by atoms with van der Waals surface area (Å²) in [5, 5.41) is 0. The fourth-order valence-corrected chi connectivity index (χ4v) is 1.81. The molecule has 1 heterocycles. The normalized spacial score (nSPS) is 9.91. The molecule has 0 saturated heterocycles. The average molecular weight is 168 g/mol. The number of unbranched alkanes of at least 4 members (excludes halogenated alkanes) is 1. The van der Waals surface area contributed by atoms with Crippen LogP contribution in [0.4, 0.5) is 0 Å².